The topological polar surface area (TPSA) is 89.4 Å². The number of hydrogen-bond acceptors (Lipinski definition) is 5. The quantitative estimate of drug-likeness (QED) is 0.650. The molecule has 2 aromatic carbocycles. The van der Waals surface area contributed by atoms with E-state index in [1.165, 1.54) is 0 Å². The van der Waals surface area contributed by atoms with Crippen molar-refractivity contribution in [3.05, 3.63) is 78.1 Å². The summed E-state index contributed by atoms with van der Waals surface area (Å²) in [6, 6.07) is 18.9. The fourth-order valence-corrected chi connectivity index (χ4v) is 3.24. The fraction of sp³-hybridized carbons (Fsp3) is 0.273. The van der Waals surface area contributed by atoms with Crippen molar-refractivity contribution in [2.45, 2.75) is 25.6 Å². The van der Waals surface area contributed by atoms with Gasteiger partial charge in [0, 0.05) is 19.6 Å². The lowest BCUT2D eigenvalue weighted by molar-refractivity contribution is -0.144. The Hall–Kier alpha value is -3.68. The van der Waals surface area contributed by atoms with Crippen LogP contribution in [0.15, 0.2) is 66.9 Å². The normalized spacial score (nSPS) is 14.6. The van der Waals surface area contributed by atoms with Crippen LogP contribution in [0.5, 0.6) is 5.75 Å². The van der Waals surface area contributed by atoms with Crippen LogP contribution in [-0.4, -0.2) is 50.9 Å². The number of nitrogens with zero attached hydrogens (tertiary/aromatic N) is 4. The molecule has 1 atom stereocenters. The summed E-state index contributed by atoms with van der Waals surface area (Å²) in [5, 5.41) is 10.9. The average molecular weight is 405 g/mol. The summed E-state index contributed by atoms with van der Waals surface area (Å²) in [6.45, 7) is 3.19. The molecule has 1 fully saturated rings. The predicted octanol–water partition coefficient (Wildman–Crippen LogP) is 2.06. The smallest absolute Gasteiger partial charge is 0.273 e. The Kier molecular flexibility index (Phi) is 5.74. The van der Waals surface area contributed by atoms with E-state index >= 15 is 0 Å². The first-order valence-electron chi connectivity index (χ1n) is 9.84. The molecule has 4 rings (SSSR count). The highest BCUT2D eigenvalue weighted by Gasteiger charge is 2.35. The molecule has 30 heavy (non-hydrogen) atoms. The molecule has 0 spiro atoms. The summed E-state index contributed by atoms with van der Waals surface area (Å²) in [4.78, 5) is 26.5. The number of aromatic nitrogens is 3. The van der Waals surface area contributed by atoms with Crippen molar-refractivity contribution in [2.75, 3.05) is 13.1 Å². The lowest BCUT2D eigenvalue weighted by Gasteiger charge is -2.40. The van der Waals surface area contributed by atoms with Crippen molar-refractivity contribution in [2.24, 2.45) is 0 Å². The minimum absolute atomic E-state index is 0.000971. The Morgan fingerprint density at radius 3 is 2.47 bits per heavy atom. The number of amides is 2. The van der Waals surface area contributed by atoms with E-state index in [0.717, 1.165) is 5.56 Å². The molecule has 1 unspecified atom stereocenters. The van der Waals surface area contributed by atoms with Gasteiger partial charge in [0.2, 0.25) is 0 Å². The van der Waals surface area contributed by atoms with Gasteiger partial charge in [-0.15, -0.1) is 5.10 Å². The molecule has 3 aromatic rings. The van der Waals surface area contributed by atoms with Gasteiger partial charge in [-0.2, -0.15) is 0 Å². The van der Waals surface area contributed by atoms with Crippen LogP contribution >= 0.6 is 0 Å². The van der Waals surface area contributed by atoms with Crippen LogP contribution in [-0.2, 0) is 11.3 Å². The number of carbonyl (C=O) groups is 2. The van der Waals surface area contributed by atoms with Crippen LogP contribution in [0.3, 0.4) is 0 Å². The molecule has 2 amide bonds. The van der Waals surface area contributed by atoms with Gasteiger partial charge in [0.05, 0.1) is 12.2 Å². The van der Waals surface area contributed by atoms with Crippen molar-refractivity contribution in [1.29, 1.82) is 0 Å². The van der Waals surface area contributed by atoms with Crippen LogP contribution < -0.4 is 10.1 Å². The van der Waals surface area contributed by atoms with Gasteiger partial charge in [-0.05, 0) is 24.6 Å². The third-order valence-electron chi connectivity index (χ3n) is 4.99. The minimum atomic E-state index is -0.566. The maximum Gasteiger partial charge on any atom is 0.273 e. The number of likely N-dealkylation sites (tertiary alicyclic amines) is 1. The second-order valence-corrected chi connectivity index (χ2v) is 7.22. The first kappa shape index (κ1) is 19.6. The molecule has 1 aliphatic rings. The van der Waals surface area contributed by atoms with Crippen LogP contribution in [0.25, 0.3) is 0 Å². The second kappa shape index (κ2) is 8.77. The van der Waals surface area contributed by atoms with E-state index in [0.29, 0.717) is 25.4 Å². The van der Waals surface area contributed by atoms with Gasteiger partial charge < -0.3 is 15.0 Å². The van der Waals surface area contributed by atoms with Gasteiger partial charge in [-0.1, -0.05) is 53.7 Å². The molecule has 8 heteroatoms. The molecule has 0 saturated carbocycles. The summed E-state index contributed by atoms with van der Waals surface area (Å²) >= 11 is 0. The van der Waals surface area contributed by atoms with Gasteiger partial charge in [-0.3, -0.25) is 9.59 Å². The largest absolute Gasteiger partial charge is 0.481 e. The molecule has 2 heterocycles. The lowest BCUT2D eigenvalue weighted by atomic mass is 10.1. The lowest BCUT2D eigenvalue weighted by Crippen LogP contribution is -2.54. The van der Waals surface area contributed by atoms with Crippen LogP contribution in [0.1, 0.15) is 29.0 Å². The molecule has 0 bridgehead atoms. The molecule has 8 nitrogen and oxygen atoms in total. The summed E-state index contributed by atoms with van der Waals surface area (Å²) in [5.41, 5.74) is 1.27. The molecular formula is C22H23N5O3. The SMILES string of the molecule is CC(Oc1ccccc1)C(=O)N1CC(n2cc(C(=O)NCc3ccccc3)nn2)C1. The molecule has 1 N–H and O–H groups in total. The first-order valence-corrected chi connectivity index (χ1v) is 9.84. The Bertz CT molecular complexity index is 1000. The molecule has 154 valence electrons. The monoisotopic (exact) mass is 405 g/mol. The van der Waals surface area contributed by atoms with E-state index < -0.39 is 6.10 Å². The molecule has 1 aliphatic heterocycles. The molecule has 1 saturated heterocycles. The van der Waals surface area contributed by atoms with Crippen molar-refractivity contribution < 1.29 is 14.3 Å². The zero-order valence-corrected chi connectivity index (χ0v) is 16.6. The minimum Gasteiger partial charge on any atom is -0.481 e. The van der Waals surface area contributed by atoms with Crippen LogP contribution in [0.4, 0.5) is 0 Å². The van der Waals surface area contributed by atoms with Gasteiger partial charge in [0.1, 0.15) is 5.75 Å². The third kappa shape index (κ3) is 4.48. The van der Waals surface area contributed by atoms with Gasteiger partial charge in [0.25, 0.3) is 11.8 Å². The molecule has 1 aromatic heterocycles. The maximum absolute atomic E-state index is 12.5. The van der Waals surface area contributed by atoms with Gasteiger partial charge >= 0.3 is 0 Å². The van der Waals surface area contributed by atoms with E-state index in [9.17, 15) is 9.59 Å². The van der Waals surface area contributed by atoms with Gasteiger partial charge in [0.15, 0.2) is 11.8 Å². The number of nitrogens with one attached hydrogen (secondary N) is 1. The number of benzene rings is 2. The standard InChI is InChI=1S/C22H23N5O3/c1-16(30-19-10-6-3-7-11-19)22(29)26-13-18(14-26)27-15-20(24-25-27)21(28)23-12-17-8-4-2-5-9-17/h2-11,15-16,18H,12-14H2,1H3,(H,23,28). The van der Waals surface area contributed by atoms with E-state index in [1.807, 2.05) is 60.7 Å². The Labute approximate surface area is 174 Å². The van der Waals surface area contributed by atoms with E-state index in [4.69, 9.17) is 4.74 Å². The molecule has 0 radical (unpaired) electrons. The first-order chi connectivity index (χ1) is 14.6. The number of ether oxygens (including phenoxy) is 1. The summed E-state index contributed by atoms with van der Waals surface area (Å²) in [5.74, 6) is 0.316. The van der Waals surface area contributed by atoms with Gasteiger partial charge in [-0.25, -0.2) is 4.68 Å². The number of hydrogen-bond donors (Lipinski definition) is 1. The van der Waals surface area contributed by atoms with Crippen molar-refractivity contribution in [3.63, 3.8) is 0 Å². The highest BCUT2D eigenvalue weighted by molar-refractivity contribution is 5.91. The molecule has 0 aliphatic carbocycles. The average Bonchev–Trinajstić information content (AvgIpc) is 3.22. The number of rotatable bonds is 7. The van der Waals surface area contributed by atoms with E-state index in [2.05, 4.69) is 15.6 Å². The van der Waals surface area contributed by atoms with E-state index in [-0.39, 0.29) is 23.6 Å². The molecular weight excluding hydrogens is 382 g/mol. The zero-order chi connectivity index (χ0) is 20.9. The Morgan fingerprint density at radius 1 is 1.10 bits per heavy atom. The van der Waals surface area contributed by atoms with Crippen LogP contribution in [0, 0.1) is 0 Å². The van der Waals surface area contributed by atoms with Crippen LogP contribution in [0.2, 0.25) is 0 Å². The number of carbonyl (C=O) groups excluding carboxylic acids is 2. The summed E-state index contributed by atoms with van der Waals surface area (Å²) in [7, 11) is 0. The maximum atomic E-state index is 12.5. The van der Waals surface area contributed by atoms with Crippen molar-refractivity contribution in [3.8, 4) is 5.75 Å². The predicted molar refractivity (Wildman–Crippen MR) is 110 cm³/mol. The number of para-hydroxylation sites is 1. The van der Waals surface area contributed by atoms with Crippen molar-refractivity contribution >= 4 is 11.8 Å². The second-order valence-electron chi connectivity index (χ2n) is 7.22. The summed E-state index contributed by atoms with van der Waals surface area (Å²) < 4.78 is 7.34. The third-order valence-corrected chi connectivity index (χ3v) is 4.99. The fourth-order valence-electron chi connectivity index (χ4n) is 3.24. The summed E-state index contributed by atoms with van der Waals surface area (Å²) in [6.07, 6.45) is 1.06. The van der Waals surface area contributed by atoms with Crippen molar-refractivity contribution in [1.82, 2.24) is 25.2 Å². The Morgan fingerprint density at radius 2 is 1.77 bits per heavy atom. The Balaban J connectivity index is 1.26. The zero-order valence-electron chi connectivity index (χ0n) is 16.6. The highest BCUT2D eigenvalue weighted by atomic mass is 16.5. The highest BCUT2D eigenvalue weighted by Crippen LogP contribution is 2.22. The van der Waals surface area contributed by atoms with E-state index in [1.54, 1.807) is 22.7 Å².